The van der Waals surface area contributed by atoms with Crippen molar-refractivity contribution < 1.29 is 4.79 Å². The van der Waals surface area contributed by atoms with E-state index in [-0.39, 0.29) is 19.6 Å². The molecule has 0 atom stereocenters. The molecule has 14 heavy (non-hydrogen) atoms. The van der Waals surface area contributed by atoms with Crippen LogP contribution in [-0.4, -0.2) is 19.6 Å². The van der Waals surface area contributed by atoms with E-state index in [0.29, 0.717) is 0 Å². The van der Waals surface area contributed by atoms with Gasteiger partial charge in [0.2, 0.25) is 0 Å². The van der Waals surface area contributed by atoms with E-state index in [1.165, 1.54) is 0 Å². The van der Waals surface area contributed by atoms with E-state index in [2.05, 4.69) is 0 Å². The Morgan fingerprint density at radius 2 is 1.79 bits per heavy atom. The molecule has 2 aromatic rings. The van der Waals surface area contributed by atoms with E-state index in [0.717, 1.165) is 16.3 Å². The average molecular weight is 249 g/mol. The Labute approximate surface area is 89.3 Å². The molecule has 0 heterocycles. The predicted molar refractivity (Wildman–Crippen MR) is 59.9 cm³/mol. The van der Waals surface area contributed by atoms with Gasteiger partial charge >= 0.3 is 89.1 Å². The van der Waals surface area contributed by atoms with Crippen LogP contribution in [0.15, 0.2) is 42.5 Å². The van der Waals surface area contributed by atoms with Gasteiger partial charge in [0, 0.05) is 0 Å². The molecule has 0 amide bonds. The van der Waals surface area contributed by atoms with E-state index in [1.54, 1.807) is 0 Å². The number of rotatable bonds is 2. The van der Waals surface area contributed by atoms with Crippen LogP contribution in [0.25, 0.3) is 10.8 Å². The molecular weight excluding hydrogens is 239 g/mol. The summed E-state index contributed by atoms with van der Waals surface area (Å²) in [7, 11) is 0. The van der Waals surface area contributed by atoms with Crippen LogP contribution in [0.5, 0.6) is 0 Å². The number of carbonyl (C=O) groups is 1. The van der Waals surface area contributed by atoms with Crippen molar-refractivity contribution in [3.63, 3.8) is 0 Å². The Kier molecular flexibility index (Phi) is 2.67. The number of hydrogen-bond donors (Lipinski definition) is 0. The van der Waals surface area contributed by atoms with Gasteiger partial charge in [-0.2, -0.15) is 0 Å². The Morgan fingerprint density at radius 1 is 1.07 bits per heavy atom. The maximum absolute atomic E-state index is 11.7. The summed E-state index contributed by atoms with van der Waals surface area (Å²) in [5, 5.41) is 2.21. The molecule has 2 aromatic carbocycles. The Morgan fingerprint density at radius 3 is 2.57 bits per heavy atom. The van der Waals surface area contributed by atoms with Gasteiger partial charge in [0.15, 0.2) is 0 Å². The molecule has 0 saturated carbocycles. The summed E-state index contributed by atoms with van der Waals surface area (Å²) in [5.41, 5.74) is 0.866. The number of fused-ring (bicyclic) bond motifs is 1. The Hall–Kier alpha value is -1.11. The SMILES string of the molecule is C[Se]C(=O)c1cccc2ccccc12. The summed E-state index contributed by atoms with van der Waals surface area (Å²) in [5.74, 6) is 1.96. The van der Waals surface area contributed by atoms with E-state index in [1.807, 2.05) is 48.3 Å². The fourth-order valence-electron chi connectivity index (χ4n) is 1.51. The quantitative estimate of drug-likeness (QED) is 0.748. The molecule has 2 heteroatoms. The first-order valence-corrected chi connectivity index (χ1v) is 6.96. The zero-order valence-electron chi connectivity index (χ0n) is 7.86. The van der Waals surface area contributed by atoms with Crippen LogP contribution in [0.1, 0.15) is 10.4 Å². The molecule has 0 saturated heterocycles. The topological polar surface area (TPSA) is 17.1 Å². The average Bonchev–Trinajstić information content (AvgIpc) is 2.27. The molecule has 70 valence electrons. The van der Waals surface area contributed by atoms with Crippen molar-refractivity contribution in [3.8, 4) is 0 Å². The monoisotopic (exact) mass is 250 g/mol. The van der Waals surface area contributed by atoms with E-state index in [4.69, 9.17) is 0 Å². The van der Waals surface area contributed by atoms with Gasteiger partial charge in [-0.05, 0) is 0 Å². The first-order valence-electron chi connectivity index (χ1n) is 4.39. The molecule has 0 fully saturated rings. The standard InChI is InChI=1S/C12H10OSe/c1-14-12(13)11-8-4-6-9-5-2-3-7-10(9)11/h2-8H,1H3. The number of carbonyl (C=O) groups excluding carboxylic acids is 1. The molecule has 0 radical (unpaired) electrons. The predicted octanol–water partition coefficient (Wildman–Crippen LogP) is 2.73. The minimum atomic E-state index is 0.0458. The van der Waals surface area contributed by atoms with Gasteiger partial charge in [-0.3, -0.25) is 0 Å². The summed E-state index contributed by atoms with van der Waals surface area (Å²) in [4.78, 5) is 11.7. The third-order valence-electron chi connectivity index (χ3n) is 2.19. The van der Waals surface area contributed by atoms with Crippen molar-refractivity contribution in [2.45, 2.75) is 5.82 Å². The molecule has 1 nitrogen and oxygen atoms in total. The zero-order valence-corrected chi connectivity index (χ0v) is 9.57. The van der Waals surface area contributed by atoms with Crippen LogP contribution < -0.4 is 0 Å². The summed E-state index contributed by atoms with van der Waals surface area (Å²) in [6, 6.07) is 13.9. The van der Waals surface area contributed by atoms with Crippen LogP contribution in [0, 0.1) is 0 Å². The van der Waals surface area contributed by atoms with Gasteiger partial charge in [-0.15, -0.1) is 0 Å². The van der Waals surface area contributed by atoms with Gasteiger partial charge < -0.3 is 0 Å². The van der Waals surface area contributed by atoms with Crippen LogP contribution >= 0.6 is 0 Å². The van der Waals surface area contributed by atoms with Gasteiger partial charge in [0.1, 0.15) is 0 Å². The van der Waals surface area contributed by atoms with Crippen molar-refractivity contribution in [1.82, 2.24) is 0 Å². The molecule has 0 aliphatic carbocycles. The first kappa shape index (κ1) is 9.44. The van der Waals surface area contributed by atoms with Crippen molar-refractivity contribution in [2.24, 2.45) is 0 Å². The second-order valence-corrected chi connectivity index (χ2v) is 4.65. The van der Waals surface area contributed by atoms with E-state index < -0.39 is 0 Å². The second kappa shape index (κ2) is 3.95. The van der Waals surface area contributed by atoms with E-state index in [9.17, 15) is 4.79 Å². The first-order chi connectivity index (χ1) is 6.83. The summed E-state index contributed by atoms with van der Waals surface area (Å²) < 4.78 is 0.272. The number of hydrogen-bond acceptors (Lipinski definition) is 1. The number of benzene rings is 2. The Bertz CT molecular complexity index is 471. The van der Waals surface area contributed by atoms with Crippen LogP contribution in [0.4, 0.5) is 0 Å². The zero-order chi connectivity index (χ0) is 9.97. The van der Waals surface area contributed by atoms with Crippen LogP contribution in [-0.2, 0) is 0 Å². The maximum atomic E-state index is 11.7. The molecule has 0 aliphatic rings. The molecule has 0 aromatic heterocycles. The van der Waals surface area contributed by atoms with Crippen LogP contribution in [0.3, 0.4) is 0 Å². The molecule has 0 unspecified atom stereocenters. The summed E-state index contributed by atoms with van der Waals surface area (Å²) in [6.07, 6.45) is 0. The summed E-state index contributed by atoms with van der Waals surface area (Å²) in [6.45, 7) is 0. The fraction of sp³-hybridized carbons (Fsp3) is 0.0833. The van der Waals surface area contributed by atoms with Gasteiger partial charge in [0.05, 0.1) is 0 Å². The third kappa shape index (κ3) is 1.59. The fourth-order valence-corrected chi connectivity index (χ4v) is 2.35. The molecular formula is C12H10OSe. The van der Waals surface area contributed by atoms with Crippen LogP contribution in [0.2, 0.25) is 5.82 Å². The summed E-state index contributed by atoms with van der Waals surface area (Å²) >= 11 is 0.0458. The molecule has 0 N–H and O–H groups in total. The second-order valence-electron chi connectivity index (χ2n) is 3.02. The van der Waals surface area contributed by atoms with Crippen molar-refractivity contribution in [1.29, 1.82) is 0 Å². The molecule has 0 spiro atoms. The molecule has 0 bridgehead atoms. The van der Waals surface area contributed by atoms with Crippen molar-refractivity contribution in [3.05, 3.63) is 48.0 Å². The normalized spacial score (nSPS) is 10.4. The molecule has 0 aliphatic heterocycles. The van der Waals surface area contributed by atoms with Gasteiger partial charge in [0.25, 0.3) is 0 Å². The Balaban J connectivity index is 2.71. The minimum absolute atomic E-state index is 0.0458. The van der Waals surface area contributed by atoms with Gasteiger partial charge in [-0.25, -0.2) is 0 Å². The third-order valence-corrected chi connectivity index (χ3v) is 3.43. The van der Waals surface area contributed by atoms with E-state index >= 15 is 0 Å². The van der Waals surface area contributed by atoms with Crippen molar-refractivity contribution in [2.75, 3.05) is 0 Å². The van der Waals surface area contributed by atoms with Crippen molar-refractivity contribution >= 4 is 30.4 Å². The van der Waals surface area contributed by atoms with Gasteiger partial charge in [-0.1, -0.05) is 0 Å². The molecule has 2 rings (SSSR count).